The van der Waals surface area contributed by atoms with Gasteiger partial charge in [-0.1, -0.05) is 60.8 Å². The van der Waals surface area contributed by atoms with Crippen LogP contribution in [-0.2, 0) is 4.79 Å². The number of carbonyl (C=O) groups is 2. The van der Waals surface area contributed by atoms with Crippen LogP contribution in [0.2, 0.25) is 5.02 Å². The van der Waals surface area contributed by atoms with Crippen LogP contribution < -0.4 is 5.32 Å². The third kappa shape index (κ3) is 3.76. The van der Waals surface area contributed by atoms with Crippen molar-refractivity contribution in [2.24, 2.45) is 17.3 Å². The van der Waals surface area contributed by atoms with Crippen molar-refractivity contribution in [3.8, 4) is 0 Å². The second kappa shape index (κ2) is 7.77. The normalized spacial score (nSPS) is 19.4. The lowest BCUT2D eigenvalue weighted by Gasteiger charge is -2.07. The largest absolute Gasteiger partial charge is 0.450 e. The number of carbonyl (C=O) groups excluding carboxylic acids is 2. The van der Waals surface area contributed by atoms with Crippen LogP contribution >= 0.6 is 34.8 Å². The summed E-state index contributed by atoms with van der Waals surface area (Å²) in [6, 6.07) is 13.7. The number of furan rings is 1. The van der Waals surface area contributed by atoms with Crippen molar-refractivity contribution in [3.63, 3.8) is 0 Å². The third-order valence-corrected chi connectivity index (χ3v) is 6.16. The fourth-order valence-corrected chi connectivity index (χ4v) is 4.29. The van der Waals surface area contributed by atoms with Crippen LogP contribution in [-0.4, -0.2) is 11.7 Å². The molecule has 1 fully saturated rings. The third-order valence-electron chi connectivity index (χ3n) is 5.66. The number of ketones is 1. The number of allylic oxidation sites excluding steroid dienone is 1. The Kier molecular flexibility index (Phi) is 5.43. The summed E-state index contributed by atoms with van der Waals surface area (Å²) in [6.07, 6.45) is 1.68. The quantitative estimate of drug-likeness (QED) is 0.422. The predicted molar refractivity (Wildman–Crippen MR) is 120 cm³/mol. The molecule has 2 aromatic carbocycles. The first-order chi connectivity index (χ1) is 14.2. The number of hydrogen-bond donors (Lipinski definition) is 1. The van der Waals surface area contributed by atoms with Gasteiger partial charge < -0.3 is 9.73 Å². The Labute approximate surface area is 188 Å². The van der Waals surface area contributed by atoms with Crippen molar-refractivity contribution in [2.75, 3.05) is 5.32 Å². The van der Waals surface area contributed by atoms with Gasteiger partial charge >= 0.3 is 0 Å². The Morgan fingerprint density at radius 1 is 1.07 bits per heavy atom. The zero-order valence-corrected chi connectivity index (χ0v) is 18.5. The van der Waals surface area contributed by atoms with Crippen LogP contribution in [0.3, 0.4) is 0 Å². The lowest BCUT2D eigenvalue weighted by molar-refractivity contribution is -0.118. The Bertz CT molecular complexity index is 1170. The van der Waals surface area contributed by atoms with E-state index in [4.69, 9.17) is 39.2 Å². The summed E-state index contributed by atoms with van der Waals surface area (Å²) in [4.78, 5) is 26.2. The maximum absolute atomic E-state index is 13.1. The van der Waals surface area contributed by atoms with Crippen LogP contribution in [0, 0.1) is 17.3 Å². The van der Waals surface area contributed by atoms with E-state index in [0.29, 0.717) is 27.2 Å². The summed E-state index contributed by atoms with van der Waals surface area (Å²) >= 11 is 17.5. The zero-order valence-electron chi connectivity index (χ0n) is 16.2. The minimum absolute atomic E-state index is 0.0767. The maximum atomic E-state index is 13.1. The molecule has 4 nitrogen and oxygen atoms in total. The molecular formula is C23H18Cl3NO3. The van der Waals surface area contributed by atoms with E-state index in [2.05, 4.69) is 5.32 Å². The average Bonchev–Trinajstić information content (AvgIpc) is 3.05. The highest BCUT2D eigenvalue weighted by Crippen LogP contribution is 2.60. The highest BCUT2D eigenvalue weighted by Gasteiger charge is 2.60. The summed E-state index contributed by atoms with van der Waals surface area (Å²) in [6.45, 7) is 3.95. The SMILES string of the molecule is CC1(C)C(C=C(Cl)Cl)C1C(=O)Nc1c(C(=O)c2ccc(Cl)cc2)oc2ccccc12. The van der Waals surface area contributed by atoms with E-state index in [1.54, 1.807) is 48.5 Å². The van der Waals surface area contributed by atoms with Crippen molar-refractivity contribution < 1.29 is 14.0 Å². The molecule has 1 aliphatic rings. The molecule has 30 heavy (non-hydrogen) atoms. The minimum Gasteiger partial charge on any atom is -0.450 e. The topological polar surface area (TPSA) is 59.3 Å². The summed E-state index contributed by atoms with van der Waals surface area (Å²) in [5, 5.41) is 4.10. The lowest BCUT2D eigenvalue weighted by atomic mass is 10.1. The number of amides is 1. The molecule has 4 rings (SSSR count). The van der Waals surface area contributed by atoms with Crippen molar-refractivity contribution >= 4 is 63.1 Å². The molecule has 2 unspecified atom stereocenters. The fourth-order valence-electron chi connectivity index (χ4n) is 3.89. The lowest BCUT2D eigenvalue weighted by Crippen LogP contribution is -2.18. The van der Waals surface area contributed by atoms with E-state index in [1.165, 1.54) is 0 Å². The molecule has 0 aliphatic heterocycles. The molecule has 1 N–H and O–H groups in total. The smallest absolute Gasteiger partial charge is 0.230 e. The molecule has 0 bridgehead atoms. The molecule has 0 spiro atoms. The molecule has 1 saturated carbocycles. The van der Waals surface area contributed by atoms with Gasteiger partial charge in [-0.3, -0.25) is 9.59 Å². The molecule has 0 radical (unpaired) electrons. The number of nitrogens with one attached hydrogen (secondary N) is 1. The van der Waals surface area contributed by atoms with Gasteiger partial charge in [0.05, 0.1) is 11.6 Å². The molecular weight excluding hydrogens is 445 g/mol. The first kappa shape index (κ1) is 21.0. The van der Waals surface area contributed by atoms with Crippen LogP contribution in [0.5, 0.6) is 0 Å². The van der Waals surface area contributed by atoms with Crippen molar-refractivity contribution in [2.45, 2.75) is 13.8 Å². The summed E-state index contributed by atoms with van der Waals surface area (Å²) in [7, 11) is 0. The van der Waals surface area contributed by atoms with Gasteiger partial charge in [0.2, 0.25) is 11.7 Å². The first-order valence-electron chi connectivity index (χ1n) is 9.35. The predicted octanol–water partition coefficient (Wildman–Crippen LogP) is 6.85. The van der Waals surface area contributed by atoms with Crippen molar-refractivity contribution in [1.29, 1.82) is 0 Å². The molecule has 7 heteroatoms. The van der Waals surface area contributed by atoms with Gasteiger partial charge in [-0.15, -0.1) is 0 Å². The van der Waals surface area contributed by atoms with E-state index in [-0.39, 0.29) is 39.2 Å². The molecule has 0 saturated heterocycles. The summed E-state index contributed by atoms with van der Waals surface area (Å²) < 4.78 is 5.97. The van der Waals surface area contributed by atoms with E-state index in [0.717, 1.165) is 0 Å². The Morgan fingerprint density at radius 3 is 2.40 bits per heavy atom. The summed E-state index contributed by atoms with van der Waals surface area (Å²) in [5.41, 5.74) is 0.993. The highest BCUT2D eigenvalue weighted by atomic mass is 35.5. The molecule has 1 aromatic heterocycles. The van der Waals surface area contributed by atoms with Gasteiger partial charge in [-0.25, -0.2) is 0 Å². The number of halogens is 3. The number of fused-ring (bicyclic) bond motifs is 1. The van der Waals surface area contributed by atoms with Crippen LogP contribution in [0.15, 0.2) is 63.5 Å². The van der Waals surface area contributed by atoms with E-state index < -0.39 is 0 Å². The number of anilines is 1. The van der Waals surface area contributed by atoms with E-state index >= 15 is 0 Å². The van der Waals surface area contributed by atoms with E-state index in [1.807, 2.05) is 19.9 Å². The average molecular weight is 463 g/mol. The highest BCUT2D eigenvalue weighted by molar-refractivity contribution is 6.55. The molecule has 1 amide bonds. The monoisotopic (exact) mass is 461 g/mol. The molecule has 3 aromatic rings. The molecule has 154 valence electrons. The zero-order chi connectivity index (χ0) is 21.6. The Hall–Kier alpha value is -2.27. The summed E-state index contributed by atoms with van der Waals surface area (Å²) in [5.74, 6) is -0.887. The first-order valence-corrected chi connectivity index (χ1v) is 10.5. The van der Waals surface area contributed by atoms with Gasteiger partial charge in [0.1, 0.15) is 10.1 Å². The Morgan fingerprint density at radius 2 is 1.73 bits per heavy atom. The molecule has 1 aliphatic carbocycles. The number of para-hydroxylation sites is 1. The van der Waals surface area contributed by atoms with Gasteiger partial charge in [-0.05, 0) is 53.8 Å². The second-order valence-corrected chi connectivity index (χ2v) is 9.35. The number of rotatable bonds is 5. The van der Waals surface area contributed by atoms with Crippen molar-refractivity contribution in [1.82, 2.24) is 0 Å². The maximum Gasteiger partial charge on any atom is 0.230 e. The minimum atomic E-state index is -0.339. The van der Waals surface area contributed by atoms with E-state index in [9.17, 15) is 9.59 Å². The van der Waals surface area contributed by atoms with Gasteiger partial charge in [-0.2, -0.15) is 0 Å². The second-order valence-electron chi connectivity index (χ2n) is 7.91. The Balaban J connectivity index is 1.71. The van der Waals surface area contributed by atoms with Crippen LogP contribution in [0.4, 0.5) is 5.69 Å². The van der Waals surface area contributed by atoms with Crippen molar-refractivity contribution in [3.05, 3.63) is 75.4 Å². The molecule has 2 atom stereocenters. The van der Waals surface area contributed by atoms with Crippen LogP contribution in [0.1, 0.15) is 30.0 Å². The van der Waals surface area contributed by atoms with Gasteiger partial charge in [0, 0.05) is 16.0 Å². The molecule has 1 heterocycles. The fraction of sp³-hybridized carbons (Fsp3) is 0.217. The standard InChI is InChI=1S/C23H18Cl3NO3/c1-23(2)15(11-17(25)26)18(23)22(29)27-19-14-5-3-4-6-16(14)30-21(19)20(28)12-7-9-13(24)10-8-12/h3-11,15,18H,1-2H3,(H,27,29). The van der Waals surface area contributed by atoms with Gasteiger partial charge in [0.15, 0.2) is 5.76 Å². The van der Waals surface area contributed by atoms with Crippen LogP contribution in [0.25, 0.3) is 11.0 Å². The van der Waals surface area contributed by atoms with Gasteiger partial charge in [0.25, 0.3) is 0 Å². The number of hydrogen-bond acceptors (Lipinski definition) is 3. The number of benzene rings is 2.